The number of carbonyl (C=O) groups is 2. The van der Waals surface area contributed by atoms with Crippen LogP contribution in [-0.4, -0.2) is 81.5 Å². The number of hydrogen-bond acceptors (Lipinski definition) is 10. The van der Waals surface area contributed by atoms with Gasteiger partial charge in [0.1, 0.15) is 13.2 Å². The van der Waals surface area contributed by atoms with Crippen LogP contribution in [0.1, 0.15) is 38.0 Å². The topological polar surface area (TPSA) is 122 Å². The number of fused-ring (bicyclic) bond motifs is 1. The average molecular weight is 580 g/mol. The average Bonchev–Trinajstić information content (AvgIpc) is 2.95. The molecule has 220 valence electrons. The minimum absolute atomic E-state index is 0.00351. The van der Waals surface area contributed by atoms with Crippen LogP contribution in [0.4, 0.5) is 0 Å². The first-order chi connectivity index (χ1) is 19.3. The first-order valence-corrected chi connectivity index (χ1v) is 13.8. The van der Waals surface area contributed by atoms with Crippen molar-refractivity contribution in [3.05, 3.63) is 58.6 Å². The molecule has 11 heteroatoms. The van der Waals surface area contributed by atoms with Gasteiger partial charge in [0.25, 0.3) is 0 Å². The van der Waals surface area contributed by atoms with Gasteiger partial charge in [-0.15, -0.1) is 0 Å². The molecule has 0 aliphatic carbocycles. The van der Waals surface area contributed by atoms with Gasteiger partial charge in [-0.25, -0.2) is 9.59 Å². The summed E-state index contributed by atoms with van der Waals surface area (Å²) in [5, 5.41) is 14.4. The van der Waals surface area contributed by atoms with Crippen LogP contribution in [0.15, 0.2) is 42.5 Å². The van der Waals surface area contributed by atoms with Crippen LogP contribution in [0.5, 0.6) is 11.5 Å². The summed E-state index contributed by atoms with van der Waals surface area (Å²) >= 11 is 6.03. The minimum atomic E-state index is -1.35. The fourth-order valence-corrected chi connectivity index (χ4v) is 4.23. The molecule has 2 aromatic carbocycles. The molecule has 2 aromatic rings. The lowest BCUT2D eigenvalue weighted by Gasteiger charge is -2.31. The second kappa shape index (κ2) is 16.4. The lowest BCUT2D eigenvalue weighted by atomic mass is 10.0. The Labute approximate surface area is 239 Å². The van der Waals surface area contributed by atoms with Gasteiger partial charge in [0.15, 0.2) is 11.5 Å². The Morgan fingerprint density at radius 3 is 2.15 bits per heavy atom. The lowest BCUT2D eigenvalue weighted by Crippen LogP contribution is -2.51. The van der Waals surface area contributed by atoms with E-state index in [2.05, 4.69) is 5.32 Å². The number of nitrogens with one attached hydrogen (secondary N) is 1. The third-order valence-corrected chi connectivity index (χ3v) is 6.28. The molecule has 2 N–H and O–H groups in total. The number of ether oxygens (including phenoxy) is 6. The number of esters is 2. The van der Waals surface area contributed by atoms with E-state index in [0.29, 0.717) is 42.7 Å². The van der Waals surface area contributed by atoms with Crippen molar-refractivity contribution in [2.24, 2.45) is 0 Å². The van der Waals surface area contributed by atoms with E-state index < -0.39 is 30.3 Å². The second-order valence-corrected chi connectivity index (χ2v) is 9.61. The number of rotatable bonds is 16. The van der Waals surface area contributed by atoms with E-state index in [-0.39, 0.29) is 32.5 Å². The molecule has 0 saturated carbocycles. The number of hydrogen-bond donors (Lipinski definition) is 2. The second-order valence-electron chi connectivity index (χ2n) is 9.17. The quantitative estimate of drug-likeness (QED) is 0.226. The van der Waals surface area contributed by atoms with E-state index >= 15 is 0 Å². The molecule has 0 bridgehead atoms. The monoisotopic (exact) mass is 579 g/mol. The Bertz CT molecular complexity index is 1100. The van der Waals surface area contributed by atoms with Gasteiger partial charge in [0, 0.05) is 30.8 Å². The number of aliphatic hydroxyl groups is 1. The largest absolute Gasteiger partial charge is 0.470 e. The molecule has 0 fully saturated rings. The fourth-order valence-electron chi connectivity index (χ4n) is 4.04. The molecule has 0 spiro atoms. The van der Waals surface area contributed by atoms with Crippen molar-refractivity contribution in [3.63, 3.8) is 0 Å². The van der Waals surface area contributed by atoms with Crippen molar-refractivity contribution in [3.8, 4) is 11.5 Å². The molecule has 40 heavy (non-hydrogen) atoms. The van der Waals surface area contributed by atoms with Crippen molar-refractivity contribution in [1.82, 2.24) is 5.32 Å². The lowest BCUT2D eigenvalue weighted by molar-refractivity contribution is -0.173. The zero-order valence-electron chi connectivity index (χ0n) is 23.1. The van der Waals surface area contributed by atoms with Gasteiger partial charge >= 0.3 is 11.9 Å². The van der Waals surface area contributed by atoms with Crippen LogP contribution in [0.2, 0.25) is 5.02 Å². The van der Waals surface area contributed by atoms with Crippen molar-refractivity contribution in [1.29, 1.82) is 0 Å². The Morgan fingerprint density at radius 2 is 1.55 bits per heavy atom. The minimum Gasteiger partial charge on any atom is -0.470 e. The van der Waals surface area contributed by atoms with Crippen LogP contribution in [0, 0.1) is 0 Å². The predicted octanol–water partition coefficient (Wildman–Crippen LogP) is 3.26. The molecule has 4 unspecified atom stereocenters. The number of halogens is 1. The molecule has 0 amide bonds. The highest BCUT2D eigenvalue weighted by Gasteiger charge is 2.44. The summed E-state index contributed by atoms with van der Waals surface area (Å²) in [5.74, 6) is -0.885. The van der Waals surface area contributed by atoms with Gasteiger partial charge in [0.05, 0.1) is 19.3 Å². The fraction of sp³-hybridized carbons (Fsp3) is 0.517. The standard InChI is InChI=1S/C29H38ClNO9/c1-4-35-11-13-37-28(33)26-27(29(34)38-14-12-36-5-2)40-25-16-20(9-10-24(25)39-26)15-19(3)31-18-23(32)21-7-6-8-22(30)17-21/h6-10,16-17,19,23,26-27,31-32H,4-5,11-15,18H2,1-3H3. The zero-order valence-corrected chi connectivity index (χ0v) is 23.9. The van der Waals surface area contributed by atoms with Crippen LogP contribution in [-0.2, 0) is 35.0 Å². The maximum absolute atomic E-state index is 12.9. The third kappa shape index (κ3) is 9.64. The Hall–Kier alpha value is -2.89. The van der Waals surface area contributed by atoms with Crippen LogP contribution >= 0.6 is 11.6 Å². The van der Waals surface area contributed by atoms with E-state index in [1.54, 1.807) is 30.3 Å². The molecule has 1 aliphatic rings. The molecule has 0 saturated heterocycles. The molecule has 1 heterocycles. The van der Waals surface area contributed by atoms with Crippen molar-refractivity contribution < 1.29 is 43.1 Å². The molecule has 10 nitrogen and oxygen atoms in total. The van der Waals surface area contributed by atoms with Crippen LogP contribution in [0.3, 0.4) is 0 Å². The molecule has 1 aliphatic heterocycles. The summed E-state index contributed by atoms with van der Waals surface area (Å²) in [7, 11) is 0. The Kier molecular flexibility index (Phi) is 13.0. The van der Waals surface area contributed by atoms with Gasteiger partial charge in [0.2, 0.25) is 12.2 Å². The summed E-state index contributed by atoms with van der Waals surface area (Å²) in [4.78, 5) is 25.6. The molecule has 3 rings (SSSR count). The summed E-state index contributed by atoms with van der Waals surface area (Å²) in [5.41, 5.74) is 1.64. The highest BCUT2D eigenvalue weighted by molar-refractivity contribution is 6.30. The smallest absolute Gasteiger partial charge is 0.352 e. The maximum atomic E-state index is 12.9. The van der Waals surface area contributed by atoms with Crippen molar-refractivity contribution in [2.45, 2.75) is 51.5 Å². The molecular weight excluding hydrogens is 542 g/mol. The van der Waals surface area contributed by atoms with Gasteiger partial charge in [-0.05, 0) is 62.6 Å². The summed E-state index contributed by atoms with van der Waals surface area (Å²) < 4.78 is 32.8. The SMILES string of the molecule is CCOCCOC(=O)C1Oc2ccc(CC(C)NCC(O)c3cccc(Cl)c3)cc2OC1C(=O)OCCOCC. The molecule has 0 radical (unpaired) electrons. The molecular formula is C29H38ClNO9. The van der Waals surface area contributed by atoms with Gasteiger partial charge in [-0.3, -0.25) is 0 Å². The van der Waals surface area contributed by atoms with Crippen LogP contribution in [0.25, 0.3) is 0 Å². The van der Waals surface area contributed by atoms with E-state index in [0.717, 1.165) is 11.1 Å². The molecule has 4 atom stereocenters. The maximum Gasteiger partial charge on any atom is 0.352 e. The number of benzene rings is 2. The van der Waals surface area contributed by atoms with Crippen molar-refractivity contribution in [2.75, 3.05) is 46.2 Å². The number of aliphatic hydroxyl groups excluding tert-OH is 1. The Morgan fingerprint density at radius 1 is 0.925 bits per heavy atom. The summed E-state index contributed by atoms with van der Waals surface area (Å²) in [6.07, 6.45) is -2.80. The normalized spacial score (nSPS) is 17.6. The summed E-state index contributed by atoms with van der Waals surface area (Å²) in [6.45, 7) is 7.44. The Balaban J connectivity index is 1.64. The predicted molar refractivity (Wildman–Crippen MR) is 148 cm³/mol. The van der Waals surface area contributed by atoms with Gasteiger partial charge in [-0.1, -0.05) is 29.8 Å². The van der Waals surface area contributed by atoms with E-state index in [1.807, 2.05) is 32.9 Å². The first-order valence-electron chi connectivity index (χ1n) is 13.4. The number of carbonyl (C=O) groups excluding carboxylic acids is 2. The van der Waals surface area contributed by atoms with Crippen molar-refractivity contribution >= 4 is 23.5 Å². The van der Waals surface area contributed by atoms with Crippen LogP contribution < -0.4 is 14.8 Å². The van der Waals surface area contributed by atoms with E-state index in [4.69, 9.17) is 40.0 Å². The zero-order chi connectivity index (χ0) is 28.9. The third-order valence-electron chi connectivity index (χ3n) is 6.04. The first kappa shape index (κ1) is 31.6. The van der Waals surface area contributed by atoms with E-state index in [9.17, 15) is 14.7 Å². The van der Waals surface area contributed by atoms with E-state index in [1.165, 1.54) is 0 Å². The highest BCUT2D eigenvalue weighted by atomic mass is 35.5. The van der Waals surface area contributed by atoms with Gasteiger partial charge in [-0.2, -0.15) is 0 Å². The van der Waals surface area contributed by atoms with Gasteiger partial charge < -0.3 is 38.8 Å². The highest BCUT2D eigenvalue weighted by Crippen LogP contribution is 2.36. The summed E-state index contributed by atoms with van der Waals surface area (Å²) in [6, 6.07) is 12.4. The molecule has 0 aromatic heterocycles.